The molecule has 2 N–H and O–H groups in total. The molecule has 2 aromatic carbocycles. The minimum absolute atomic E-state index is 0.0216. The van der Waals surface area contributed by atoms with E-state index in [0.29, 0.717) is 10.5 Å². The van der Waals surface area contributed by atoms with E-state index < -0.39 is 11.9 Å². The fourth-order valence-corrected chi connectivity index (χ4v) is 5.02. The first-order chi connectivity index (χ1) is 16.4. The van der Waals surface area contributed by atoms with E-state index in [0.717, 1.165) is 42.5 Å². The van der Waals surface area contributed by atoms with Gasteiger partial charge in [-0.15, -0.1) is 11.8 Å². The predicted octanol–water partition coefficient (Wildman–Crippen LogP) is 5.42. The molecule has 2 aromatic rings. The molecule has 0 heterocycles. The molecular weight excluding hydrogens is 448 g/mol. The van der Waals surface area contributed by atoms with Gasteiger partial charge in [0, 0.05) is 16.6 Å². The standard InChI is InChI=1S/C27H34N2O4S/c1-19-11-10-12-20(2)26(19)29-24(30)17-33-27(32)22-15-8-9-16-23(22)34-18-25(31)28-21-13-6-4-3-5-7-14-21/h8-12,15-16,21H,3-7,13-14,17-18H2,1-2H3,(H,28,31)(H,29,30). The average Bonchev–Trinajstić information content (AvgIpc) is 2.80. The van der Waals surface area contributed by atoms with Crippen LogP contribution in [0.25, 0.3) is 0 Å². The Bertz CT molecular complexity index is 980. The van der Waals surface area contributed by atoms with Crippen LogP contribution in [0.3, 0.4) is 0 Å². The number of thioether (sulfide) groups is 1. The number of hydrogen-bond donors (Lipinski definition) is 2. The summed E-state index contributed by atoms with van der Waals surface area (Å²) in [5.41, 5.74) is 2.97. The van der Waals surface area contributed by atoms with Crippen molar-refractivity contribution in [3.8, 4) is 0 Å². The van der Waals surface area contributed by atoms with Crippen LogP contribution in [0.5, 0.6) is 0 Å². The molecule has 0 saturated heterocycles. The second-order valence-electron chi connectivity index (χ2n) is 8.79. The zero-order valence-electron chi connectivity index (χ0n) is 20.0. The van der Waals surface area contributed by atoms with Crippen molar-refractivity contribution in [2.45, 2.75) is 69.7 Å². The van der Waals surface area contributed by atoms with Crippen molar-refractivity contribution in [2.75, 3.05) is 17.7 Å². The van der Waals surface area contributed by atoms with Gasteiger partial charge in [-0.2, -0.15) is 0 Å². The van der Waals surface area contributed by atoms with Crippen LogP contribution in [0.15, 0.2) is 47.4 Å². The lowest BCUT2D eigenvalue weighted by Gasteiger charge is -2.21. The molecule has 182 valence electrons. The highest BCUT2D eigenvalue weighted by Crippen LogP contribution is 2.24. The number of benzene rings is 2. The van der Waals surface area contributed by atoms with Crippen molar-refractivity contribution >= 4 is 35.2 Å². The number of carbonyl (C=O) groups is 3. The third-order valence-corrected chi connectivity index (χ3v) is 7.09. The Hall–Kier alpha value is -2.80. The average molecular weight is 483 g/mol. The quantitative estimate of drug-likeness (QED) is 0.388. The van der Waals surface area contributed by atoms with Crippen LogP contribution in [0.4, 0.5) is 5.69 Å². The Morgan fingerprint density at radius 3 is 2.24 bits per heavy atom. The van der Waals surface area contributed by atoms with Gasteiger partial charge in [-0.1, -0.05) is 62.4 Å². The minimum Gasteiger partial charge on any atom is -0.452 e. The molecular formula is C27H34N2O4S. The normalized spacial score (nSPS) is 14.5. The monoisotopic (exact) mass is 482 g/mol. The summed E-state index contributed by atoms with van der Waals surface area (Å²) in [6.45, 7) is 3.44. The number of aryl methyl sites for hydroxylation is 2. The van der Waals surface area contributed by atoms with Gasteiger partial charge in [0.15, 0.2) is 6.61 Å². The second-order valence-corrected chi connectivity index (χ2v) is 9.80. The summed E-state index contributed by atoms with van der Waals surface area (Å²) in [4.78, 5) is 38.2. The Morgan fingerprint density at radius 2 is 1.53 bits per heavy atom. The maximum atomic E-state index is 12.7. The summed E-state index contributed by atoms with van der Waals surface area (Å²) in [6, 6.07) is 13.0. The van der Waals surface area contributed by atoms with Crippen LogP contribution in [0.2, 0.25) is 0 Å². The first kappa shape index (κ1) is 25.8. The highest BCUT2D eigenvalue weighted by atomic mass is 32.2. The molecule has 0 aromatic heterocycles. The fourth-order valence-electron chi connectivity index (χ4n) is 4.17. The van der Waals surface area contributed by atoms with Gasteiger partial charge in [0.1, 0.15) is 0 Å². The van der Waals surface area contributed by atoms with Gasteiger partial charge in [-0.05, 0) is 49.9 Å². The number of hydrogen-bond acceptors (Lipinski definition) is 5. The van der Waals surface area contributed by atoms with Gasteiger partial charge < -0.3 is 15.4 Å². The smallest absolute Gasteiger partial charge is 0.339 e. The SMILES string of the molecule is Cc1cccc(C)c1NC(=O)COC(=O)c1ccccc1SCC(=O)NC1CCCCCCC1. The van der Waals surface area contributed by atoms with Crippen molar-refractivity contribution in [3.05, 3.63) is 59.2 Å². The van der Waals surface area contributed by atoms with Crippen molar-refractivity contribution in [1.29, 1.82) is 0 Å². The third-order valence-electron chi connectivity index (χ3n) is 6.02. The van der Waals surface area contributed by atoms with E-state index in [4.69, 9.17) is 4.74 Å². The minimum atomic E-state index is -0.583. The Kier molecular flexibility index (Phi) is 10.0. The lowest BCUT2D eigenvalue weighted by atomic mass is 9.97. The molecule has 0 atom stereocenters. The Morgan fingerprint density at radius 1 is 0.882 bits per heavy atom. The van der Waals surface area contributed by atoms with E-state index in [1.165, 1.54) is 31.0 Å². The van der Waals surface area contributed by atoms with Gasteiger partial charge in [-0.25, -0.2) is 4.79 Å². The number of nitrogens with one attached hydrogen (secondary N) is 2. The number of para-hydroxylation sites is 1. The van der Waals surface area contributed by atoms with Crippen molar-refractivity contribution < 1.29 is 19.1 Å². The molecule has 6 nitrogen and oxygen atoms in total. The summed E-state index contributed by atoms with van der Waals surface area (Å²) in [6.07, 6.45) is 8.13. The topological polar surface area (TPSA) is 84.5 Å². The van der Waals surface area contributed by atoms with E-state index in [1.807, 2.05) is 38.1 Å². The first-order valence-electron chi connectivity index (χ1n) is 12.0. The molecule has 0 unspecified atom stereocenters. The van der Waals surface area contributed by atoms with Crippen LogP contribution < -0.4 is 10.6 Å². The maximum absolute atomic E-state index is 12.7. The van der Waals surface area contributed by atoms with Crippen LogP contribution >= 0.6 is 11.8 Å². The molecule has 3 rings (SSSR count). The summed E-state index contributed by atoms with van der Waals surface area (Å²) in [5, 5.41) is 5.96. The van der Waals surface area contributed by atoms with Crippen LogP contribution in [-0.2, 0) is 14.3 Å². The zero-order chi connectivity index (χ0) is 24.3. The predicted molar refractivity (Wildman–Crippen MR) is 136 cm³/mol. The van der Waals surface area contributed by atoms with Crippen molar-refractivity contribution in [3.63, 3.8) is 0 Å². The summed E-state index contributed by atoms with van der Waals surface area (Å²) in [5.74, 6) is -0.769. The largest absolute Gasteiger partial charge is 0.452 e. The number of carbonyl (C=O) groups excluding carboxylic acids is 3. The van der Waals surface area contributed by atoms with E-state index in [-0.39, 0.29) is 24.3 Å². The number of anilines is 1. The Labute approximate surface area is 206 Å². The number of ether oxygens (including phenoxy) is 1. The summed E-state index contributed by atoms with van der Waals surface area (Å²) in [7, 11) is 0. The zero-order valence-corrected chi connectivity index (χ0v) is 20.8. The molecule has 0 spiro atoms. The molecule has 7 heteroatoms. The van der Waals surface area contributed by atoms with Crippen LogP contribution in [0.1, 0.15) is 66.4 Å². The molecule has 0 radical (unpaired) electrons. The van der Waals surface area contributed by atoms with Gasteiger partial charge in [0.05, 0.1) is 11.3 Å². The molecule has 1 fully saturated rings. The second kappa shape index (κ2) is 13.2. The third kappa shape index (κ3) is 7.90. The van der Waals surface area contributed by atoms with Gasteiger partial charge in [0.25, 0.3) is 5.91 Å². The summed E-state index contributed by atoms with van der Waals surface area (Å²) < 4.78 is 5.27. The highest BCUT2D eigenvalue weighted by molar-refractivity contribution is 8.00. The lowest BCUT2D eigenvalue weighted by Crippen LogP contribution is -2.36. The first-order valence-corrected chi connectivity index (χ1v) is 13.0. The fraction of sp³-hybridized carbons (Fsp3) is 0.444. The molecule has 0 bridgehead atoms. The molecule has 1 aliphatic carbocycles. The van der Waals surface area contributed by atoms with E-state index >= 15 is 0 Å². The van der Waals surface area contributed by atoms with E-state index in [2.05, 4.69) is 10.6 Å². The van der Waals surface area contributed by atoms with E-state index in [1.54, 1.807) is 18.2 Å². The Balaban J connectivity index is 1.51. The maximum Gasteiger partial charge on any atom is 0.339 e. The van der Waals surface area contributed by atoms with Crippen molar-refractivity contribution in [1.82, 2.24) is 5.32 Å². The molecule has 1 saturated carbocycles. The van der Waals surface area contributed by atoms with Crippen molar-refractivity contribution in [2.24, 2.45) is 0 Å². The van der Waals surface area contributed by atoms with Gasteiger partial charge >= 0.3 is 5.97 Å². The number of rotatable bonds is 8. The van der Waals surface area contributed by atoms with E-state index in [9.17, 15) is 14.4 Å². The lowest BCUT2D eigenvalue weighted by molar-refractivity contribution is -0.120. The molecule has 2 amide bonds. The van der Waals surface area contributed by atoms with Gasteiger partial charge in [-0.3, -0.25) is 9.59 Å². The number of amides is 2. The number of esters is 1. The molecule has 1 aliphatic rings. The summed E-state index contributed by atoms with van der Waals surface area (Å²) >= 11 is 1.31. The van der Waals surface area contributed by atoms with Gasteiger partial charge in [0.2, 0.25) is 5.91 Å². The molecule has 34 heavy (non-hydrogen) atoms. The van der Waals surface area contributed by atoms with Crippen LogP contribution in [-0.4, -0.2) is 36.2 Å². The highest BCUT2D eigenvalue weighted by Gasteiger charge is 2.18. The van der Waals surface area contributed by atoms with Crippen LogP contribution in [0, 0.1) is 13.8 Å². The molecule has 0 aliphatic heterocycles.